The summed E-state index contributed by atoms with van der Waals surface area (Å²) in [5.41, 5.74) is 3.52. The average Bonchev–Trinajstić information content (AvgIpc) is 3.45. The average molecular weight is 551 g/mol. The summed E-state index contributed by atoms with van der Waals surface area (Å²) in [4.78, 5) is 34.9. The van der Waals surface area contributed by atoms with E-state index in [2.05, 4.69) is 20.1 Å². The third-order valence-electron chi connectivity index (χ3n) is 7.20. The molecule has 0 bridgehead atoms. The number of anilines is 1. The Labute approximate surface area is 231 Å². The van der Waals surface area contributed by atoms with E-state index in [1.807, 2.05) is 35.7 Å². The normalized spacial score (nSPS) is 14.1. The van der Waals surface area contributed by atoms with Crippen molar-refractivity contribution < 1.29 is 24.5 Å². The van der Waals surface area contributed by atoms with Gasteiger partial charge in [-0.2, -0.15) is 0 Å². The van der Waals surface area contributed by atoms with Crippen LogP contribution in [0.1, 0.15) is 12.0 Å². The van der Waals surface area contributed by atoms with Crippen LogP contribution >= 0.6 is 0 Å². The fourth-order valence-corrected chi connectivity index (χ4v) is 5.19. The molecule has 0 spiro atoms. The van der Waals surface area contributed by atoms with E-state index in [0.717, 1.165) is 55.9 Å². The lowest BCUT2D eigenvalue weighted by molar-refractivity contribution is -0.121. The van der Waals surface area contributed by atoms with Crippen LogP contribution in [-0.2, 0) is 11.3 Å². The fourth-order valence-electron chi connectivity index (χ4n) is 5.19. The van der Waals surface area contributed by atoms with Gasteiger partial charge in [0.25, 0.3) is 5.56 Å². The molecule has 0 radical (unpaired) electrons. The molecule has 3 N–H and O–H groups in total. The van der Waals surface area contributed by atoms with Crippen molar-refractivity contribution in [2.45, 2.75) is 19.9 Å². The Morgan fingerprint density at radius 1 is 1.05 bits per heavy atom. The number of amides is 1. The Balaban J connectivity index is 1.11. The summed E-state index contributed by atoms with van der Waals surface area (Å²) in [5, 5.41) is 21.1. The lowest BCUT2D eigenvalue weighted by atomic mass is 10.2. The second-order valence-corrected chi connectivity index (χ2v) is 9.66. The number of nitrogens with one attached hydrogen (secondary N) is 1. The van der Waals surface area contributed by atoms with Crippen LogP contribution in [0.3, 0.4) is 0 Å². The summed E-state index contributed by atoms with van der Waals surface area (Å²) in [6.07, 6.45) is 4.28. The molecule has 5 rings (SSSR count). The number of carbonyl (C=O) groups is 1. The van der Waals surface area contributed by atoms with Crippen LogP contribution in [0, 0.1) is 6.92 Å². The quantitative estimate of drug-likeness (QED) is 0.184. The van der Waals surface area contributed by atoms with E-state index >= 15 is 0 Å². The lowest BCUT2D eigenvalue weighted by Crippen LogP contribution is -2.47. The third-order valence-corrected chi connectivity index (χ3v) is 7.20. The smallest absolute Gasteiger partial charge is 0.276 e. The van der Waals surface area contributed by atoms with Gasteiger partial charge in [-0.3, -0.25) is 19.1 Å². The fraction of sp³-hybridized carbons (Fsp3) is 0.393. The van der Waals surface area contributed by atoms with Crippen molar-refractivity contribution in [3.05, 3.63) is 64.7 Å². The Morgan fingerprint density at radius 2 is 1.82 bits per heavy atom. The monoisotopic (exact) mass is 550 g/mol. The molecule has 40 heavy (non-hydrogen) atoms. The maximum Gasteiger partial charge on any atom is 0.276 e. The van der Waals surface area contributed by atoms with Gasteiger partial charge in [0.2, 0.25) is 5.91 Å². The van der Waals surface area contributed by atoms with E-state index in [4.69, 9.17) is 19.7 Å². The number of hydrogen-bond acceptors (Lipinski definition) is 9. The van der Waals surface area contributed by atoms with Crippen molar-refractivity contribution in [1.29, 1.82) is 0 Å². The first kappa shape index (κ1) is 27.4. The van der Waals surface area contributed by atoms with Crippen LogP contribution in [0.2, 0.25) is 0 Å². The summed E-state index contributed by atoms with van der Waals surface area (Å²) in [6, 6.07) is 10.9. The maximum absolute atomic E-state index is 13.1. The molecule has 1 amide bonds. The second kappa shape index (κ2) is 12.4. The molecule has 1 aromatic carbocycles. The van der Waals surface area contributed by atoms with Crippen molar-refractivity contribution in [3.8, 4) is 11.5 Å². The molecule has 0 atom stereocenters. The van der Waals surface area contributed by atoms with E-state index in [1.165, 1.54) is 4.57 Å². The molecule has 1 aliphatic rings. The van der Waals surface area contributed by atoms with Crippen molar-refractivity contribution in [3.63, 3.8) is 0 Å². The van der Waals surface area contributed by atoms with E-state index < -0.39 is 13.6 Å². The first-order valence-corrected chi connectivity index (χ1v) is 13.3. The number of benzene rings is 1. The standard InChI is InChI=1S/C28H34N6O6/c1-20-7-9-30-27-26(20)33-11-2-4-22(33)28(38)34(27)17-25(37)29-8-3-10-31-12-14-32(15-13-31)21-5-6-23(39-18-35)24(16-21)40-19-36/h2,4-7,9,11,16,35-36H,3,8,10,12-15,17-19H2,1H3,(H,29,37). The van der Waals surface area contributed by atoms with Crippen LogP contribution in [-0.4, -0.2) is 87.8 Å². The maximum atomic E-state index is 13.1. The summed E-state index contributed by atoms with van der Waals surface area (Å²) < 4.78 is 13.7. The van der Waals surface area contributed by atoms with Gasteiger partial charge in [0.05, 0.1) is 5.52 Å². The van der Waals surface area contributed by atoms with Gasteiger partial charge in [0.1, 0.15) is 12.1 Å². The summed E-state index contributed by atoms with van der Waals surface area (Å²) in [5.74, 6) is 0.527. The molecule has 4 aromatic rings. The van der Waals surface area contributed by atoms with Crippen molar-refractivity contribution in [2.24, 2.45) is 0 Å². The molecule has 12 heteroatoms. The number of aliphatic hydroxyl groups is 2. The van der Waals surface area contributed by atoms with Gasteiger partial charge in [0, 0.05) is 56.9 Å². The van der Waals surface area contributed by atoms with Crippen LogP contribution in [0.5, 0.6) is 11.5 Å². The number of carbonyl (C=O) groups excluding carboxylic acids is 1. The van der Waals surface area contributed by atoms with Gasteiger partial charge < -0.3 is 34.3 Å². The van der Waals surface area contributed by atoms with E-state index in [-0.39, 0.29) is 18.0 Å². The van der Waals surface area contributed by atoms with E-state index in [9.17, 15) is 9.59 Å². The molecular weight excluding hydrogens is 516 g/mol. The van der Waals surface area contributed by atoms with Gasteiger partial charge in [-0.15, -0.1) is 0 Å². The molecule has 0 saturated carbocycles. The SMILES string of the molecule is Cc1ccnc2c1n1cccc1c(=O)n2CC(=O)NCCCN1CCN(c2ccc(OCO)c(OCO)c2)CC1. The van der Waals surface area contributed by atoms with Crippen LogP contribution in [0.25, 0.3) is 16.7 Å². The molecule has 1 aliphatic heterocycles. The molecule has 12 nitrogen and oxygen atoms in total. The molecule has 1 saturated heterocycles. The first-order chi connectivity index (χ1) is 19.5. The highest BCUT2D eigenvalue weighted by Gasteiger charge is 2.19. The predicted octanol–water partition coefficient (Wildman–Crippen LogP) is 0.943. The first-order valence-electron chi connectivity index (χ1n) is 13.3. The minimum Gasteiger partial charge on any atom is -0.464 e. The van der Waals surface area contributed by atoms with Gasteiger partial charge in [0.15, 0.2) is 30.7 Å². The number of aryl methyl sites for hydroxylation is 1. The summed E-state index contributed by atoms with van der Waals surface area (Å²) in [6.45, 7) is 5.63. The second-order valence-electron chi connectivity index (χ2n) is 9.66. The summed E-state index contributed by atoms with van der Waals surface area (Å²) in [7, 11) is 0. The Bertz CT molecular complexity index is 1540. The highest BCUT2D eigenvalue weighted by molar-refractivity contribution is 5.82. The number of fused-ring (bicyclic) bond motifs is 3. The molecule has 0 unspecified atom stereocenters. The lowest BCUT2D eigenvalue weighted by Gasteiger charge is -2.36. The number of ether oxygens (including phenoxy) is 2. The summed E-state index contributed by atoms with van der Waals surface area (Å²) >= 11 is 0. The Morgan fingerprint density at radius 3 is 2.60 bits per heavy atom. The predicted molar refractivity (Wildman–Crippen MR) is 150 cm³/mol. The Kier molecular flexibility index (Phi) is 8.48. The zero-order chi connectivity index (χ0) is 28.1. The minimum atomic E-state index is -0.484. The Hall–Kier alpha value is -4.13. The zero-order valence-electron chi connectivity index (χ0n) is 22.5. The van der Waals surface area contributed by atoms with E-state index in [0.29, 0.717) is 29.2 Å². The van der Waals surface area contributed by atoms with Crippen LogP contribution < -0.4 is 25.2 Å². The van der Waals surface area contributed by atoms with Gasteiger partial charge in [-0.1, -0.05) is 0 Å². The number of aromatic nitrogens is 3. The molecule has 212 valence electrons. The number of hydrogen-bond donors (Lipinski definition) is 3. The van der Waals surface area contributed by atoms with Crippen LogP contribution in [0.4, 0.5) is 5.69 Å². The van der Waals surface area contributed by atoms with Gasteiger partial charge in [-0.25, -0.2) is 4.98 Å². The number of aliphatic hydroxyl groups excluding tert-OH is 2. The highest BCUT2D eigenvalue weighted by Crippen LogP contribution is 2.32. The molecular formula is C28H34N6O6. The molecule has 0 aliphatic carbocycles. The topological polar surface area (TPSA) is 134 Å². The van der Waals surface area contributed by atoms with Crippen molar-refractivity contribution >= 4 is 28.3 Å². The number of nitrogens with zero attached hydrogens (tertiary/aromatic N) is 5. The van der Waals surface area contributed by atoms with Crippen LogP contribution in [0.15, 0.2) is 53.6 Å². The minimum absolute atomic E-state index is 0.0870. The molecule has 4 heterocycles. The molecule has 1 fully saturated rings. The van der Waals surface area contributed by atoms with Crippen molar-refractivity contribution in [2.75, 3.05) is 57.8 Å². The largest absolute Gasteiger partial charge is 0.464 e. The zero-order valence-corrected chi connectivity index (χ0v) is 22.5. The third kappa shape index (κ3) is 5.74. The van der Waals surface area contributed by atoms with Gasteiger partial charge >= 0.3 is 0 Å². The van der Waals surface area contributed by atoms with Crippen molar-refractivity contribution in [1.82, 2.24) is 24.2 Å². The van der Waals surface area contributed by atoms with Gasteiger partial charge in [-0.05, 0) is 55.8 Å². The number of rotatable bonds is 11. The van der Waals surface area contributed by atoms with E-state index in [1.54, 1.807) is 24.4 Å². The molecule has 3 aromatic heterocycles. The highest BCUT2D eigenvalue weighted by atomic mass is 16.6. The number of pyridine rings is 1. The number of piperazine rings is 1.